The van der Waals surface area contributed by atoms with E-state index < -0.39 is 24.2 Å². The molecule has 1 heteroatoms. The lowest BCUT2D eigenvalue weighted by atomic mass is 9.84. The van der Waals surface area contributed by atoms with Crippen LogP contribution in [0.15, 0.2) is 320 Å². The van der Waals surface area contributed by atoms with E-state index in [1.165, 1.54) is 60.3 Å². The van der Waals surface area contributed by atoms with Crippen LogP contribution in [0.2, 0.25) is 0 Å². The zero-order valence-corrected chi connectivity index (χ0v) is 44.8. The van der Waals surface area contributed by atoms with E-state index in [9.17, 15) is 5.48 Å². The van der Waals surface area contributed by atoms with E-state index in [2.05, 4.69) is 182 Å². The van der Waals surface area contributed by atoms with Crippen LogP contribution in [0.25, 0.3) is 164 Å². The predicted octanol–water partition coefficient (Wildman–Crippen LogP) is 23.3. The number of furan rings is 1. The second-order valence-corrected chi connectivity index (χ2v) is 21.1. The third kappa shape index (κ3) is 8.16. The van der Waals surface area contributed by atoms with Crippen molar-refractivity contribution in [3.63, 3.8) is 0 Å². The van der Waals surface area contributed by atoms with Crippen molar-refractivity contribution >= 4 is 97.3 Å². The van der Waals surface area contributed by atoms with Crippen molar-refractivity contribution in [3.05, 3.63) is 315 Å². The average Bonchev–Trinajstić information content (AvgIpc) is 0.905. The molecule has 16 aromatic carbocycles. The summed E-state index contributed by atoms with van der Waals surface area (Å²) >= 11 is 0. The highest BCUT2D eigenvalue weighted by Gasteiger charge is 2.22. The summed E-state index contributed by atoms with van der Waals surface area (Å²) < 4.78 is 78.1. The fourth-order valence-corrected chi connectivity index (χ4v) is 12.8. The van der Waals surface area contributed by atoms with Crippen molar-refractivity contribution < 1.29 is 15.4 Å². The third-order valence-electron chi connectivity index (χ3n) is 16.5. The van der Waals surface area contributed by atoms with Crippen LogP contribution in [0, 0.1) is 0 Å². The Kier molecular flexibility index (Phi) is 9.74. The first-order valence-corrected chi connectivity index (χ1v) is 28.0. The van der Waals surface area contributed by atoms with Gasteiger partial charge in [0, 0.05) is 16.2 Å². The smallest absolute Gasteiger partial charge is 0.143 e. The van der Waals surface area contributed by atoms with Gasteiger partial charge in [-0.1, -0.05) is 291 Å². The largest absolute Gasteiger partial charge is 0.455 e. The van der Waals surface area contributed by atoms with Gasteiger partial charge in [-0.05, 0) is 161 Å². The quantitative estimate of drug-likeness (QED) is 0.151. The molecule has 0 bridgehead atoms. The van der Waals surface area contributed by atoms with Crippen LogP contribution in [-0.2, 0) is 0 Å². The Bertz CT molecular complexity index is 5730. The normalized spacial score (nSPS) is 13.0. The summed E-state index contributed by atoms with van der Waals surface area (Å²) in [6.07, 6.45) is 0. The molecule has 0 aliphatic rings. The first-order valence-electron chi connectivity index (χ1n) is 32.0. The molecule has 0 fully saturated rings. The first kappa shape index (κ1) is 40.3. The molecule has 17 aromatic rings. The molecule has 0 unspecified atom stereocenters. The molecule has 0 atom stereocenters. The highest BCUT2D eigenvalue weighted by molar-refractivity contribution is 6.28. The molecule has 0 aliphatic heterocycles. The summed E-state index contributed by atoms with van der Waals surface area (Å²) in [7, 11) is 0. The summed E-state index contributed by atoms with van der Waals surface area (Å²) in [5.41, 5.74) is 13.1. The maximum atomic E-state index is 9.21. The van der Waals surface area contributed by atoms with Gasteiger partial charge in [0.15, 0.2) is 0 Å². The van der Waals surface area contributed by atoms with Crippen molar-refractivity contribution in [2.45, 2.75) is 0 Å². The molecule has 0 radical (unpaired) electrons. The maximum Gasteiger partial charge on any atom is 0.143 e. The minimum absolute atomic E-state index is 0.208. The second kappa shape index (κ2) is 20.0. The fraction of sp³-hybridized carbons (Fsp3) is 0. The van der Waals surface area contributed by atoms with Crippen LogP contribution < -0.4 is 0 Å². The van der Waals surface area contributed by atoms with Crippen molar-refractivity contribution in [2.24, 2.45) is 0 Å². The standard InChI is InChI=1S/C42H26O.C40H26/c1-2-12-27(13-3-1)29-15-10-16-30(26-29)39-32-18-6-8-20-34(32)40(35-21-9-7-19-33(35)39)36-22-11-23-38-41(36)37-25-24-28-14-4-5-17-31(28)42(37)43-38;1-2-12-31-26-32(25-22-27(31)10-1)28-20-23-30(24-21-28)39-35-15-5-7-17-37(35)40(38-18-8-6-16-36(38)39)34-19-9-13-29-11-3-4-14-33(29)34/h1-26H;1-26H/i;5D,6D,7D,8D,15D,16D,17D,18D. The van der Waals surface area contributed by atoms with Gasteiger partial charge in [-0.3, -0.25) is 0 Å². The van der Waals surface area contributed by atoms with Gasteiger partial charge in [0.05, 0.1) is 11.0 Å². The Hall–Kier alpha value is -10.9. The number of rotatable bonds is 6. The molecule has 386 valence electrons. The Balaban J connectivity index is 0.000000146. The van der Waals surface area contributed by atoms with Gasteiger partial charge < -0.3 is 4.42 Å². The lowest BCUT2D eigenvalue weighted by Crippen LogP contribution is -1.91. The van der Waals surface area contributed by atoms with Crippen molar-refractivity contribution in [2.75, 3.05) is 0 Å². The lowest BCUT2D eigenvalue weighted by Gasteiger charge is -2.19. The summed E-state index contributed by atoms with van der Waals surface area (Å²) in [6, 6.07) is 89.2. The topological polar surface area (TPSA) is 13.1 Å². The Morgan fingerprint density at radius 3 is 1.34 bits per heavy atom. The molecular weight excluding hydrogens is 1000 g/mol. The van der Waals surface area contributed by atoms with Crippen LogP contribution in [0.1, 0.15) is 11.0 Å². The van der Waals surface area contributed by atoms with Crippen molar-refractivity contribution in [1.29, 1.82) is 0 Å². The Morgan fingerprint density at radius 2 is 0.651 bits per heavy atom. The van der Waals surface area contributed by atoms with E-state index in [4.69, 9.17) is 9.90 Å². The van der Waals surface area contributed by atoms with E-state index in [-0.39, 0.29) is 45.7 Å². The summed E-state index contributed by atoms with van der Waals surface area (Å²) in [5.74, 6) is 0. The number of hydrogen-bond donors (Lipinski definition) is 0. The molecule has 17 rings (SSSR count). The average molecular weight is 1060 g/mol. The lowest BCUT2D eigenvalue weighted by molar-refractivity contribution is 0.673. The minimum atomic E-state index is -0.411. The summed E-state index contributed by atoms with van der Waals surface area (Å²) in [4.78, 5) is 0. The summed E-state index contributed by atoms with van der Waals surface area (Å²) in [5, 5.41) is 14.4. The molecule has 0 saturated carbocycles. The highest BCUT2D eigenvalue weighted by Crippen LogP contribution is 2.49. The number of benzene rings is 16. The fourth-order valence-electron chi connectivity index (χ4n) is 12.8. The maximum absolute atomic E-state index is 9.21. The molecule has 0 spiro atoms. The molecule has 0 N–H and O–H groups in total. The van der Waals surface area contributed by atoms with Crippen LogP contribution in [0.3, 0.4) is 0 Å². The van der Waals surface area contributed by atoms with Gasteiger partial charge in [0.2, 0.25) is 0 Å². The van der Waals surface area contributed by atoms with Gasteiger partial charge in [0.1, 0.15) is 11.2 Å². The predicted molar refractivity (Wildman–Crippen MR) is 355 cm³/mol. The van der Waals surface area contributed by atoms with Gasteiger partial charge in [0.25, 0.3) is 0 Å². The van der Waals surface area contributed by atoms with Crippen molar-refractivity contribution in [1.82, 2.24) is 0 Å². The number of fused-ring (bicyclic) bond motifs is 11. The Morgan fingerprint density at radius 1 is 0.229 bits per heavy atom. The molecule has 83 heavy (non-hydrogen) atoms. The number of hydrogen-bond acceptors (Lipinski definition) is 1. The second-order valence-electron chi connectivity index (χ2n) is 21.1. The molecule has 1 aromatic heterocycles. The molecular formula is C82H52O. The molecule has 0 amide bonds. The van der Waals surface area contributed by atoms with Crippen LogP contribution in [0.4, 0.5) is 0 Å². The zero-order valence-electron chi connectivity index (χ0n) is 52.8. The van der Waals surface area contributed by atoms with E-state index in [1.807, 2.05) is 84.9 Å². The molecule has 1 nitrogen and oxygen atoms in total. The van der Waals surface area contributed by atoms with Crippen LogP contribution in [-0.4, -0.2) is 0 Å². The van der Waals surface area contributed by atoms with Crippen LogP contribution >= 0.6 is 0 Å². The molecule has 0 saturated heterocycles. The van der Waals surface area contributed by atoms with Gasteiger partial charge in [-0.15, -0.1) is 0 Å². The SMILES string of the molecule is [2H]c1c([2H])c([2H])c2c(-c3cccc4ccccc34)c3c([2H])c([2H])c([2H])c([2H])c3c(-c3ccc(-c4ccc5ccccc5c4)cc3)c2c1[2H].c1ccc(-c2cccc(-c3c4ccccc4c(-c4cccc5oc6c7ccccc7ccc6c45)c4ccccc34)c2)cc1. The zero-order chi connectivity index (χ0) is 61.8. The van der Waals surface area contributed by atoms with Crippen LogP contribution in [0.5, 0.6) is 0 Å². The summed E-state index contributed by atoms with van der Waals surface area (Å²) in [6.45, 7) is 0. The van der Waals surface area contributed by atoms with E-state index in [0.29, 0.717) is 22.3 Å². The minimum Gasteiger partial charge on any atom is -0.455 e. The third-order valence-corrected chi connectivity index (χ3v) is 16.5. The van der Waals surface area contributed by atoms with Gasteiger partial charge in [-0.25, -0.2) is 0 Å². The van der Waals surface area contributed by atoms with Gasteiger partial charge in [-0.2, -0.15) is 0 Å². The van der Waals surface area contributed by atoms with E-state index in [1.54, 1.807) is 0 Å². The molecule has 0 aliphatic carbocycles. The van der Waals surface area contributed by atoms with Gasteiger partial charge >= 0.3 is 0 Å². The molecule has 1 heterocycles. The van der Waals surface area contributed by atoms with E-state index in [0.717, 1.165) is 60.0 Å². The van der Waals surface area contributed by atoms with E-state index >= 15 is 0 Å². The highest BCUT2D eigenvalue weighted by atomic mass is 16.3. The first-order chi connectivity index (χ1) is 44.5. The monoisotopic (exact) mass is 1060 g/mol. The van der Waals surface area contributed by atoms with Crippen molar-refractivity contribution in [3.8, 4) is 66.8 Å². The Labute approximate surface area is 492 Å².